The van der Waals surface area contributed by atoms with Crippen LogP contribution in [0, 0.1) is 6.92 Å². The van der Waals surface area contributed by atoms with Crippen LogP contribution in [0.1, 0.15) is 16.1 Å². The molecule has 1 amide bonds. The highest BCUT2D eigenvalue weighted by molar-refractivity contribution is 6.31. The van der Waals surface area contributed by atoms with Gasteiger partial charge in [0.1, 0.15) is 0 Å². The summed E-state index contributed by atoms with van der Waals surface area (Å²) >= 11 is 5.89. The lowest BCUT2D eigenvalue weighted by atomic mass is 10.1. The number of fused-ring (bicyclic) bond motifs is 1. The van der Waals surface area contributed by atoms with Gasteiger partial charge in [-0.25, -0.2) is 4.79 Å². The minimum atomic E-state index is -0.706. The number of aryl methyl sites for hydroxylation is 1. The molecule has 98 valence electrons. The van der Waals surface area contributed by atoms with Crippen molar-refractivity contribution in [2.45, 2.75) is 6.92 Å². The molecule has 0 aliphatic rings. The molecule has 0 aliphatic heterocycles. The van der Waals surface area contributed by atoms with Gasteiger partial charge in [0.25, 0.3) is 5.91 Å². The molecule has 0 radical (unpaired) electrons. The van der Waals surface area contributed by atoms with Crippen LogP contribution in [0.4, 0.5) is 0 Å². The molecule has 2 rings (SSSR count). The summed E-state index contributed by atoms with van der Waals surface area (Å²) in [5, 5.41) is 1.28. The van der Waals surface area contributed by atoms with Crippen LogP contribution in [0.2, 0.25) is 5.02 Å². The first kappa shape index (κ1) is 13.3. The highest BCUT2D eigenvalue weighted by Gasteiger charge is 2.14. The lowest BCUT2D eigenvalue weighted by molar-refractivity contribution is -0.121. The summed E-state index contributed by atoms with van der Waals surface area (Å²) in [5.41, 5.74) is 6.45. The number of benzene rings is 1. The Balaban J connectivity index is 2.39. The highest BCUT2D eigenvalue weighted by Crippen LogP contribution is 2.21. The van der Waals surface area contributed by atoms with E-state index in [1.165, 1.54) is 0 Å². The minimum Gasteiger partial charge on any atom is -0.452 e. The maximum absolute atomic E-state index is 11.8. The van der Waals surface area contributed by atoms with Gasteiger partial charge in [-0.05, 0) is 31.2 Å². The Morgan fingerprint density at radius 1 is 1.37 bits per heavy atom. The molecule has 1 aromatic carbocycles. The van der Waals surface area contributed by atoms with Crippen molar-refractivity contribution in [2.75, 3.05) is 6.61 Å². The summed E-state index contributed by atoms with van der Waals surface area (Å²) in [6, 6.07) is 6.83. The number of amides is 1. The van der Waals surface area contributed by atoms with Gasteiger partial charge in [-0.2, -0.15) is 0 Å². The number of nitrogens with zero attached hydrogens (tertiary/aromatic N) is 1. The Morgan fingerprint density at radius 2 is 2.11 bits per heavy atom. The van der Waals surface area contributed by atoms with Crippen molar-refractivity contribution in [3.8, 4) is 0 Å². The van der Waals surface area contributed by atoms with Crippen LogP contribution >= 0.6 is 11.6 Å². The van der Waals surface area contributed by atoms with Gasteiger partial charge in [-0.15, -0.1) is 0 Å². The zero-order valence-electron chi connectivity index (χ0n) is 10.1. The molecule has 0 fully saturated rings. The molecule has 0 aliphatic carbocycles. The smallest absolute Gasteiger partial charge is 0.340 e. The predicted octanol–water partition coefficient (Wildman–Crippen LogP) is 1.84. The first-order chi connectivity index (χ1) is 8.97. The average molecular weight is 279 g/mol. The fourth-order valence-corrected chi connectivity index (χ4v) is 1.85. The number of nitrogens with two attached hydrogens (primary N) is 1. The molecule has 19 heavy (non-hydrogen) atoms. The van der Waals surface area contributed by atoms with Crippen molar-refractivity contribution < 1.29 is 14.3 Å². The summed E-state index contributed by atoms with van der Waals surface area (Å²) < 4.78 is 4.76. The SMILES string of the molecule is Cc1nc2ccc(Cl)cc2cc1C(=O)OCC(N)=O. The van der Waals surface area contributed by atoms with Gasteiger partial charge in [-0.1, -0.05) is 11.6 Å². The van der Waals surface area contributed by atoms with E-state index in [0.717, 1.165) is 10.9 Å². The Kier molecular flexibility index (Phi) is 3.66. The van der Waals surface area contributed by atoms with Crippen LogP contribution in [-0.2, 0) is 9.53 Å². The third kappa shape index (κ3) is 3.00. The first-order valence-corrected chi connectivity index (χ1v) is 5.87. The Bertz CT molecular complexity index is 670. The van der Waals surface area contributed by atoms with E-state index in [4.69, 9.17) is 22.1 Å². The summed E-state index contributed by atoms with van der Waals surface area (Å²) in [6.07, 6.45) is 0. The topological polar surface area (TPSA) is 82.3 Å². The molecule has 0 spiro atoms. The van der Waals surface area contributed by atoms with Crippen molar-refractivity contribution in [2.24, 2.45) is 5.73 Å². The zero-order valence-corrected chi connectivity index (χ0v) is 10.9. The second kappa shape index (κ2) is 5.24. The number of rotatable bonds is 3. The highest BCUT2D eigenvalue weighted by atomic mass is 35.5. The molecule has 6 heteroatoms. The standard InChI is InChI=1S/C13H11ClN2O3/c1-7-10(13(18)19-6-12(15)17)5-8-4-9(14)2-3-11(8)16-7/h2-5H,6H2,1H3,(H2,15,17). The molecular weight excluding hydrogens is 268 g/mol. The molecule has 0 atom stereocenters. The number of pyridine rings is 1. The van der Waals surface area contributed by atoms with Crippen molar-refractivity contribution in [1.29, 1.82) is 0 Å². The Labute approximate surface area is 114 Å². The van der Waals surface area contributed by atoms with E-state index >= 15 is 0 Å². The Hall–Kier alpha value is -2.14. The molecule has 5 nitrogen and oxygen atoms in total. The van der Waals surface area contributed by atoms with Crippen LogP contribution in [0.3, 0.4) is 0 Å². The van der Waals surface area contributed by atoms with Crippen LogP contribution in [0.15, 0.2) is 24.3 Å². The van der Waals surface area contributed by atoms with E-state index in [1.54, 1.807) is 31.2 Å². The molecule has 2 aromatic rings. The van der Waals surface area contributed by atoms with Gasteiger partial charge in [0, 0.05) is 10.4 Å². The maximum Gasteiger partial charge on any atom is 0.340 e. The number of primary amides is 1. The van der Waals surface area contributed by atoms with Crippen molar-refractivity contribution in [3.63, 3.8) is 0 Å². The summed E-state index contributed by atoms with van der Waals surface area (Å²) in [4.78, 5) is 26.7. The van der Waals surface area contributed by atoms with E-state index in [1.807, 2.05) is 0 Å². The number of aromatic nitrogens is 1. The normalized spacial score (nSPS) is 10.4. The van der Waals surface area contributed by atoms with Gasteiger partial charge < -0.3 is 10.5 Å². The number of hydrogen-bond donors (Lipinski definition) is 1. The van der Waals surface area contributed by atoms with Crippen LogP contribution in [-0.4, -0.2) is 23.5 Å². The fraction of sp³-hybridized carbons (Fsp3) is 0.154. The monoisotopic (exact) mass is 278 g/mol. The lowest BCUT2D eigenvalue weighted by Gasteiger charge is -2.07. The summed E-state index contributed by atoms with van der Waals surface area (Å²) in [7, 11) is 0. The number of carbonyl (C=O) groups is 2. The van der Waals surface area contributed by atoms with Crippen molar-refractivity contribution in [1.82, 2.24) is 4.98 Å². The molecule has 0 unspecified atom stereocenters. The molecule has 2 N–H and O–H groups in total. The minimum absolute atomic E-state index is 0.288. The number of esters is 1. The van der Waals surface area contributed by atoms with E-state index in [9.17, 15) is 9.59 Å². The lowest BCUT2D eigenvalue weighted by Crippen LogP contribution is -2.21. The zero-order chi connectivity index (χ0) is 14.0. The molecule has 0 saturated carbocycles. The van der Waals surface area contributed by atoms with Gasteiger partial charge in [0.2, 0.25) is 0 Å². The fourth-order valence-electron chi connectivity index (χ4n) is 1.66. The van der Waals surface area contributed by atoms with Gasteiger partial charge in [0.05, 0.1) is 16.8 Å². The second-order valence-electron chi connectivity index (χ2n) is 4.00. The second-order valence-corrected chi connectivity index (χ2v) is 4.44. The third-order valence-electron chi connectivity index (χ3n) is 2.53. The predicted molar refractivity (Wildman–Crippen MR) is 71.0 cm³/mol. The molecule has 1 aromatic heterocycles. The van der Waals surface area contributed by atoms with Gasteiger partial charge >= 0.3 is 5.97 Å². The van der Waals surface area contributed by atoms with Crippen LogP contribution < -0.4 is 5.73 Å². The molecule has 1 heterocycles. The summed E-state index contributed by atoms with van der Waals surface area (Å²) in [5.74, 6) is -1.34. The number of hydrogen-bond acceptors (Lipinski definition) is 4. The van der Waals surface area contributed by atoms with Gasteiger partial charge in [-0.3, -0.25) is 9.78 Å². The number of ether oxygens (including phenoxy) is 1. The first-order valence-electron chi connectivity index (χ1n) is 5.49. The van der Waals surface area contributed by atoms with Gasteiger partial charge in [0.15, 0.2) is 6.61 Å². The van der Waals surface area contributed by atoms with Crippen molar-refractivity contribution >= 4 is 34.4 Å². The maximum atomic E-state index is 11.8. The molecule has 0 bridgehead atoms. The molecule has 0 saturated heterocycles. The largest absolute Gasteiger partial charge is 0.452 e. The number of carbonyl (C=O) groups excluding carboxylic acids is 2. The van der Waals surface area contributed by atoms with Crippen LogP contribution in [0.25, 0.3) is 10.9 Å². The average Bonchev–Trinajstić information content (AvgIpc) is 2.35. The van der Waals surface area contributed by atoms with E-state index in [-0.39, 0.29) is 5.56 Å². The van der Waals surface area contributed by atoms with E-state index in [2.05, 4.69) is 4.98 Å². The molecular formula is C13H11ClN2O3. The quantitative estimate of drug-likeness (QED) is 0.869. The Morgan fingerprint density at radius 3 is 2.79 bits per heavy atom. The number of halogens is 1. The van der Waals surface area contributed by atoms with Crippen molar-refractivity contribution in [3.05, 3.63) is 40.5 Å². The van der Waals surface area contributed by atoms with E-state index in [0.29, 0.717) is 10.7 Å². The van der Waals surface area contributed by atoms with E-state index < -0.39 is 18.5 Å². The summed E-state index contributed by atoms with van der Waals surface area (Å²) in [6.45, 7) is 1.24. The van der Waals surface area contributed by atoms with Crippen LogP contribution in [0.5, 0.6) is 0 Å². The third-order valence-corrected chi connectivity index (χ3v) is 2.77.